The molecule has 0 saturated carbocycles. The van der Waals surface area contributed by atoms with E-state index in [-0.39, 0.29) is 11.7 Å². The number of H-pyrrole nitrogens is 1. The summed E-state index contributed by atoms with van der Waals surface area (Å²) in [4.78, 5) is 37.5. The zero-order valence-corrected chi connectivity index (χ0v) is 23.1. The lowest BCUT2D eigenvalue weighted by molar-refractivity contribution is -0.0235. The summed E-state index contributed by atoms with van der Waals surface area (Å²) in [6.45, 7) is 1.58. The largest absolute Gasteiger partial charge is 0.493 e. The molecule has 40 heavy (non-hydrogen) atoms. The second kappa shape index (κ2) is 11.7. The summed E-state index contributed by atoms with van der Waals surface area (Å²) in [6.07, 6.45) is 1.42. The number of piperidine rings is 1. The highest BCUT2D eigenvalue weighted by atomic mass is 16.6. The molecule has 0 atom stereocenters. The molecule has 1 aromatic heterocycles. The molecule has 0 aliphatic carbocycles. The molecule has 9 nitrogen and oxygen atoms in total. The van der Waals surface area contributed by atoms with Crippen molar-refractivity contribution in [1.82, 2.24) is 14.9 Å². The van der Waals surface area contributed by atoms with Crippen LogP contribution in [-0.2, 0) is 17.7 Å². The van der Waals surface area contributed by atoms with Crippen molar-refractivity contribution < 1.29 is 19.0 Å². The van der Waals surface area contributed by atoms with Gasteiger partial charge in [0.2, 0.25) is 5.95 Å². The van der Waals surface area contributed by atoms with Gasteiger partial charge >= 0.3 is 6.09 Å². The van der Waals surface area contributed by atoms with Crippen LogP contribution in [0.5, 0.6) is 11.5 Å². The van der Waals surface area contributed by atoms with Crippen LogP contribution in [-0.4, -0.2) is 60.9 Å². The Balaban J connectivity index is 1.36. The Kier molecular flexibility index (Phi) is 7.91. The number of ether oxygens (including phenoxy) is 3. The number of methoxy groups -OCH3 is 2. The van der Waals surface area contributed by atoms with E-state index in [1.165, 1.54) is 7.11 Å². The van der Waals surface area contributed by atoms with Gasteiger partial charge in [0, 0.05) is 52.0 Å². The molecule has 1 N–H and O–H groups in total. The van der Waals surface area contributed by atoms with Gasteiger partial charge in [-0.25, -0.2) is 9.78 Å². The van der Waals surface area contributed by atoms with Crippen LogP contribution in [0.1, 0.15) is 24.0 Å². The molecule has 208 valence electrons. The highest BCUT2D eigenvalue weighted by Crippen LogP contribution is 2.34. The van der Waals surface area contributed by atoms with E-state index in [2.05, 4.69) is 17.1 Å². The lowest BCUT2D eigenvalue weighted by Crippen LogP contribution is -2.50. The fourth-order valence-electron chi connectivity index (χ4n) is 5.20. The van der Waals surface area contributed by atoms with Crippen molar-refractivity contribution in [2.24, 2.45) is 0 Å². The number of hydrogen-bond donors (Lipinski definition) is 1. The van der Waals surface area contributed by atoms with Crippen LogP contribution in [0.25, 0.3) is 10.9 Å². The molecule has 1 aliphatic rings. The first-order valence-corrected chi connectivity index (χ1v) is 13.3. The van der Waals surface area contributed by atoms with Crippen LogP contribution in [0.3, 0.4) is 0 Å². The molecule has 1 amide bonds. The Morgan fingerprint density at radius 2 is 1.55 bits per heavy atom. The first-order chi connectivity index (χ1) is 19.4. The number of carbonyl (C=O) groups excluding carboxylic acids is 1. The SMILES string of the molecule is COc1cc2nc(N3CCC(Cc4ccccc4)(OC(=O)N(C)Cc4ccccc4)CC3)[nH]c(=O)c2cc1OC. The number of fused-ring (bicyclic) bond motifs is 1. The molecule has 0 unspecified atom stereocenters. The molecule has 0 spiro atoms. The van der Waals surface area contributed by atoms with Gasteiger partial charge in [0.25, 0.3) is 5.56 Å². The molecule has 5 rings (SSSR count). The Labute approximate surface area is 233 Å². The van der Waals surface area contributed by atoms with Crippen molar-refractivity contribution in [3.05, 3.63) is 94.3 Å². The number of aromatic nitrogens is 2. The maximum absolute atomic E-state index is 13.3. The van der Waals surface area contributed by atoms with E-state index in [9.17, 15) is 9.59 Å². The summed E-state index contributed by atoms with van der Waals surface area (Å²) >= 11 is 0. The minimum atomic E-state index is -0.687. The number of anilines is 1. The van der Waals surface area contributed by atoms with Crippen LogP contribution < -0.4 is 19.9 Å². The average Bonchev–Trinajstić information content (AvgIpc) is 2.97. The molecular formula is C31H34N4O5. The summed E-state index contributed by atoms with van der Waals surface area (Å²) in [6, 6.07) is 23.3. The highest BCUT2D eigenvalue weighted by Gasteiger charge is 2.40. The molecule has 9 heteroatoms. The van der Waals surface area contributed by atoms with Crippen molar-refractivity contribution in [3.63, 3.8) is 0 Å². The van der Waals surface area contributed by atoms with Gasteiger partial charge < -0.3 is 24.0 Å². The second-order valence-electron chi connectivity index (χ2n) is 10.2. The third kappa shape index (κ3) is 5.88. The van der Waals surface area contributed by atoms with Crippen LogP contribution >= 0.6 is 0 Å². The number of hydrogen-bond acceptors (Lipinski definition) is 7. The summed E-state index contributed by atoms with van der Waals surface area (Å²) < 4.78 is 17.0. The molecule has 0 bridgehead atoms. The summed E-state index contributed by atoms with van der Waals surface area (Å²) in [5.41, 5.74) is 1.72. The van der Waals surface area contributed by atoms with Crippen molar-refractivity contribution in [3.8, 4) is 11.5 Å². The molecule has 1 aliphatic heterocycles. The summed E-state index contributed by atoms with van der Waals surface area (Å²) in [5, 5.41) is 0.423. The van der Waals surface area contributed by atoms with E-state index < -0.39 is 5.60 Å². The minimum absolute atomic E-state index is 0.254. The molecule has 0 radical (unpaired) electrons. The predicted octanol–water partition coefficient (Wildman–Crippen LogP) is 4.79. The van der Waals surface area contributed by atoms with Crippen LogP contribution in [0, 0.1) is 0 Å². The Hall–Kier alpha value is -4.53. The van der Waals surface area contributed by atoms with E-state index in [4.69, 9.17) is 19.2 Å². The number of rotatable bonds is 8. The van der Waals surface area contributed by atoms with E-state index in [0.717, 1.165) is 11.1 Å². The van der Waals surface area contributed by atoms with Crippen molar-refractivity contribution in [2.75, 3.05) is 39.3 Å². The van der Waals surface area contributed by atoms with E-state index in [0.29, 0.717) is 67.2 Å². The fourth-order valence-corrected chi connectivity index (χ4v) is 5.20. The first-order valence-electron chi connectivity index (χ1n) is 13.3. The van der Waals surface area contributed by atoms with Gasteiger partial charge in [-0.15, -0.1) is 0 Å². The molecule has 1 saturated heterocycles. The minimum Gasteiger partial charge on any atom is -0.493 e. The van der Waals surface area contributed by atoms with Crippen molar-refractivity contribution >= 4 is 22.9 Å². The van der Waals surface area contributed by atoms with Gasteiger partial charge in [0.05, 0.1) is 25.1 Å². The van der Waals surface area contributed by atoms with Crippen LogP contribution in [0.2, 0.25) is 0 Å². The molecular weight excluding hydrogens is 508 g/mol. The predicted molar refractivity (Wildman–Crippen MR) is 154 cm³/mol. The quantitative estimate of drug-likeness (QED) is 0.342. The van der Waals surface area contributed by atoms with Gasteiger partial charge in [-0.3, -0.25) is 9.78 Å². The monoisotopic (exact) mass is 542 g/mol. The fraction of sp³-hybridized carbons (Fsp3) is 0.323. The lowest BCUT2D eigenvalue weighted by Gasteiger charge is -2.42. The average molecular weight is 543 g/mol. The van der Waals surface area contributed by atoms with Gasteiger partial charge in [-0.2, -0.15) is 0 Å². The van der Waals surface area contributed by atoms with Crippen molar-refractivity contribution in [1.29, 1.82) is 0 Å². The molecule has 4 aromatic rings. The Morgan fingerprint density at radius 1 is 0.950 bits per heavy atom. The zero-order valence-electron chi connectivity index (χ0n) is 23.1. The van der Waals surface area contributed by atoms with Gasteiger partial charge in [-0.1, -0.05) is 60.7 Å². The number of amides is 1. The first kappa shape index (κ1) is 27.1. The summed E-state index contributed by atoms with van der Waals surface area (Å²) in [5.74, 6) is 1.45. The number of aromatic amines is 1. The smallest absolute Gasteiger partial charge is 0.410 e. The number of benzene rings is 3. The molecule has 2 heterocycles. The molecule has 1 fully saturated rings. The number of nitrogens with one attached hydrogen (secondary N) is 1. The highest BCUT2D eigenvalue weighted by molar-refractivity contribution is 5.82. The van der Waals surface area contributed by atoms with Gasteiger partial charge in [-0.05, 0) is 17.2 Å². The number of carbonyl (C=O) groups is 1. The second-order valence-corrected chi connectivity index (χ2v) is 10.2. The maximum Gasteiger partial charge on any atom is 0.410 e. The Morgan fingerprint density at radius 3 is 2.17 bits per heavy atom. The Bertz CT molecular complexity index is 1520. The standard InChI is InChI=1S/C31H34N4O5/c1-34(21-23-12-8-5-9-13-23)30(37)40-31(20-22-10-6-4-7-11-22)14-16-35(17-15-31)29-32-25-19-27(39-3)26(38-2)18-24(25)28(36)33-29/h4-13,18-19H,14-17,20-21H2,1-3H3,(H,32,33,36). The summed E-state index contributed by atoms with van der Waals surface area (Å²) in [7, 11) is 4.84. The topological polar surface area (TPSA) is 97.0 Å². The molecule has 3 aromatic carbocycles. The van der Waals surface area contributed by atoms with Crippen LogP contribution in [0.4, 0.5) is 10.7 Å². The maximum atomic E-state index is 13.3. The lowest BCUT2D eigenvalue weighted by atomic mass is 9.85. The van der Waals surface area contributed by atoms with E-state index in [1.54, 1.807) is 31.2 Å². The third-order valence-corrected chi connectivity index (χ3v) is 7.42. The van der Waals surface area contributed by atoms with E-state index >= 15 is 0 Å². The van der Waals surface area contributed by atoms with Gasteiger partial charge in [0.15, 0.2) is 11.5 Å². The number of nitrogens with zero attached hydrogens (tertiary/aromatic N) is 3. The normalized spacial score (nSPS) is 14.5. The van der Waals surface area contributed by atoms with Gasteiger partial charge in [0.1, 0.15) is 5.60 Å². The third-order valence-electron chi connectivity index (χ3n) is 7.42. The zero-order chi connectivity index (χ0) is 28.1. The van der Waals surface area contributed by atoms with Crippen LogP contribution in [0.15, 0.2) is 77.6 Å². The van der Waals surface area contributed by atoms with E-state index in [1.807, 2.05) is 53.4 Å². The van der Waals surface area contributed by atoms with Crippen molar-refractivity contribution in [2.45, 2.75) is 31.4 Å².